The Morgan fingerprint density at radius 3 is 2.33 bits per heavy atom. The zero-order valence-corrected chi connectivity index (χ0v) is 11.0. The monoisotopic (exact) mass is 231 g/mol. The highest BCUT2D eigenvalue weighted by molar-refractivity contribution is 8.00. The van der Waals surface area contributed by atoms with E-state index in [0.29, 0.717) is 0 Å². The van der Waals surface area contributed by atoms with E-state index < -0.39 is 12.0 Å². The van der Waals surface area contributed by atoms with Crippen molar-refractivity contribution in [1.29, 1.82) is 0 Å². The second kappa shape index (κ2) is 3.98. The molecule has 0 radical (unpaired) electrons. The molecule has 0 aromatic carbocycles. The van der Waals surface area contributed by atoms with Gasteiger partial charge in [-0.1, -0.05) is 0 Å². The molecule has 1 fully saturated rings. The lowest BCUT2D eigenvalue weighted by Gasteiger charge is -2.49. The zero-order valence-electron chi connectivity index (χ0n) is 10.2. The molecule has 0 unspecified atom stereocenters. The van der Waals surface area contributed by atoms with Crippen LogP contribution in [-0.4, -0.2) is 44.6 Å². The number of carboxylic acid groups (broad SMARTS) is 1. The van der Waals surface area contributed by atoms with Gasteiger partial charge in [0.2, 0.25) is 0 Å². The van der Waals surface area contributed by atoms with Gasteiger partial charge >= 0.3 is 5.97 Å². The van der Waals surface area contributed by atoms with E-state index in [2.05, 4.69) is 25.7 Å². The Bertz CT molecular complexity index is 258. The third-order valence-corrected chi connectivity index (χ3v) is 4.23. The third kappa shape index (κ3) is 2.67. The minimum atomic E-state index is -0.706. The molecular formula is C11H21NO2S. The van der Waals surface area contributed by atoms with Crippen LogP contribution in [0.15, 0.2) is 0 Å². The Labute approximate surface area is 96.2 Å². The Balaban J connectivity index is 3.00. The van der Waals surface area contributed by atoms with Crippen molar-refractivity contribution in [2.45, 2.75) is 50.9 Å². The third-order valence-electron chi connectivity index (χ3n) is 2.87. The van der Waals surface area contributed by atoms with Crippen LogP contribution in [0.5, 0.6) is 0 Å². The van der Waals surface area contributed by atoms with Crippen LogP contribution in [0.1, 0.15) is 34.6 Å². The van der Waals surface area contributed by atoms with Gasteiger partial charge in [0.05, 0.1) is 0 Å². The average molecular weight is 231 g/mol. The highest BCUT2D eigenvalue weighted by atomic mass is 32.2. The van der Waals surface area contributed by atoms with E-state index in [9.17, 15) is 9.90 Å². The largest absolute Gasteiger partial charge is 0.480 e. The molecule has 1 aliphatic rings. The molecule has 88 valence electrons. The van der Waals surface area contributed by atoms with E-state index in [-0.39, 0.29) is 10.3 Å². The summed E-state index contributed by atoms with van der Waals surface area (Å²) >= 11 is 1.75. The van der Waals surface area contributed by atoms with Crippen molar-refractivity contribution in [1.82, 2.24) is 4.90 Å². The maximum absolute atomic E-state index is 11.4. The van der Waals surface area contributed by atoms with Crippen molar-refractivity contribution in [3.05, 3.63) is 0 Å². The molecule has 15 heavy (non-hydrogen) atoms. The molecule has 0 amide bonds. The normalized spacial score (nSPS) is 27.7. The molecule has 1 rings (SSSR count). The van der Waals surface area contributed by atoms with Gasteiger partial charge < -0.3 is 5.11 Å². The van der Waals surface area contributed by atoms with Crippen molar-refractivity contribution >= 4 is 17.7 Å². The van der Waals surface area contributed by atoms with Crippen LogP contribution in [0, 0.1) is 0 Å². The highest BCUT2D eigenvalue weighted by Crippen LogP contribution is 2.38. The summed E-state index contributed by atoms with van der Waals surface area (Å²) in [6.07, 6.45) is 0. The van der Waals surface area contributed by atoms with E-state index in [1.54, 1.807) is 11.8 Å². The zero-order chi connectivity index (χ0) is 11.9. The average Bonchev–Trinajstić information content (AvgIpc) is 1.99. The van der Waals surface area contributed by atoms with Gasteiger partial charge in [0.25, 0.3) is 0 Å². The molecule has 0 bridgehead atoms. The molecule has 3 nitrogen and oxygen atoms in total. The Kier molecular flexibility index (Phi) is 3.41. The summed E-state index contributed by atoms with van der Waals surface area (Å²) in [6.45, 7) is 11.1. The van der Waals surface area contributed by atoms with Crippen molar-refractivity contribution in [3.8, 4) is 0 Å². The number of aliphatic carboxylic acids is 1. The summed E-state index contributed by atoms with van der Waals surface area (Å²) in [5.74, 6) is 0.302. The van der Waals surface area contributed by atoms with Crippen molar-refractivity contribution < 1.29 is 9.90 Å². The van der Waals surface area contributed by atoms with Crippen LogP contribution >= 0.6 is 11.8 Å². The van der Waals surface area contributed by atoms with Crippen LogP contribution in [0.3, 0.4) is 0 Å². The van der Waals surface area contributed by atoms with Crippen LogP contribution in [-0.2, 0) is 4.79 Å². The van der Waals surface area contributed by atoms with Crippen LogP contribution in [0.25, 0.3) is 0 Å². The molecule has 0 aliphatic carbocycles. The van der Waals surface area contributed by atoms with Crippen LogP contribution < -0.4 is 0 Å². The summed E-state index contributed by atoms with van der Waals surface area (Å²) in [4.78, 5) is 13.5. The van der Waals surface area contributed by atoms with Crippen molar-refractivity contribution in [2.75, 3.05) is 12.3 Å². The van der Waals surface area contributed by atoms with Gasteiger partial charge in [0.1, 0.15) is 6.04 Å². The van der Waals surface area contributed by atoms with Gasteiger partial charge in [-0.05, 0) is 34.6 Å². The first-order valence-corrected chi connectivity index (χ1v) is 6.28. The summed E-state index contributed by atoms with van der Waals surface area (Å²) in [5.41, 5.74) is -0.0820. The summed E-state index contributed by atoms with van der Waals surface area (Å²) in [7, 11) is 0. The predicted octanol–water partition coefficient (Wildman–Crippen LogP) is 2.07. The summed E-state index contributed by atoms with van der Waals surface area (Å²) in [6, 6.07) is -0.392. The van der Waals surface area contributed by atoms with Crippen LogP contribution in [0.4, 0.5) is 0 Å². The predicted molar refractivity (Wildman–Crippen MR) is 64.4 cm³/mol. The molecule has 0 spiro atoms. The molecule has 0 aromatic heterocycles. The SMILES string of the molecule is CC1(C)SCCN(C(C)(C)C)[C@H]1C(=O)O. The second-order valence-corrected chi connectivity index (χ2v) is 7.31. The van der Waals surface area contributed by atoms with E-state index in [4.69, 9.17) is 0 Å². The van der Waals surface area contributed by atoms with Crippen molar-refractivity contribution in [3.63, 3.8) is 0 Å². The first-order chi connectivity index (χ1) is 6.66. The van der Waals surface area contributed by atoms with Gasteiger partial charge in [0, 0.05) is 22.6 Å². The molecule has 1 atom stereocenters. The fourth-order valence-electron chi connectivity index (χ4n) is 2.14. The summed E-state index contributed by atoms with van der Waals surface area (Å²) < 4.78 is -0.211. The fourth-order valence-corrected chi connectivity index (χ4v) is 3.34. The van der Waals surface area contributed by atoms with Gasteiger partial charge in [-0.2, -0.15) is 11.8 Å². The molecule has 4 heteroatoms. The number of carboxylic acids is 1. The molecule has 1 N–H and O–H groups in total. The molecule has 1 saturated heterocycles. The standard InChI is InChI=1S/C11H21NO2S/c1-10(2,3)12-6-7-15-11(4,5)8(12)9(13)14/h8H,6-7H2,1-5H3,(H,13,14)/t8-/m0/s1. The lowest BCUT2D eigenvalue weighted by molar-refractivity contribution is -0.147. The number of hydrogen-bond donors (Lipinski definition) is 1. The van der Waals surface area contributed by atoms with Gasteiger partial charge in [-0.3, -0.25) is 9.69 Å². The quantitative estimate of drug-likeness (QED) is 0.750. The Hall–Kier alpha value is -0.220. The number of hydrogen-bond acceptors (Lipinski definition) is 3. The first kappa shape index (κ1) is 12.8. The minimum absolute atomic E-state index is 0.0820. The molecular weight excluding hydrogens is 210 g/mol. The van der Waals surface area contributed by atoms with Gasteiger partial charge in [-0.25, -0.2) is 0 Å². The van der Waals surface area contributed by atoms with Gasteiger partial charge in [0.15, 0.2) is 0 Å². The fraction of sp³-hybridized carbons (Fsp3) is 0.909. The van der Waals surface area contributed by atoms with E-state index in [1.165, 1.54) is 0 Å². The molecule has 0 aromatic rings. The molecule has 1 heterocycles. The van der Waals surface area contributed by atoms with E-state index in [0.717, 1.165) is 12.3 Å². The lowest BCUT2D eigenvalue weighted by Crippen LogP contribution is -2.62. The second-order valence-electron chi connectivity index (χ2n) is 5.56. The van der Waals surface area contributed by atoms with E-state index >= 15 is 0 Å². The minimum Gasteiger partial charge on any atom is -0.480 e. The first-order valence-electron chi connectivity index (χ1n) is 5.30. The molecule has 1 aliphatic heterocycles. The Morgan fingerprint density at radius 1 is 1.47 bits per heavy atom. The van der Waals surface area contributed by atoms with Crippen molar-refractivity contribution in [2.24, 2.45) is 0 Å². The maximum Gasteiger partial charge on any atom is 0.322 e. The number of nitrogens with zero attached hydrogens (tertiary/aromatic N) is 1. The lowest BCUT2D eigenvalue weighted by atomic mass is 9.94. The number of carbonyl (C=O) groups is 1. The van der Waals surface area contributed by atoms with E-state index in [1.807, 2.05) is 13.8 Å². The number of rotatable bonds is 1. The Morgan fingerprint density at radius 2 is 2.00 bits per heavy atom. The highest BCUT2D eigenvalue weighted by Gasteiger charge is 2.46. The topological polar surface area (TPSA) is 40.5 Å². The van der Waals surface area contributed by atoms with Gasteiger partial charge in [-0.15, -0.1) is 0 Å². The number of thioether (sulfide) groups is 1. The van der Waals surface area contributed by atoms with Crippen LogP contribution in [0.2, 0.25) is 0 Å². The smallest absolute Gasteiger partial charge is 0.322 e. The summed E-state index contributed by atoms with van der Waals surface area (Å²) in [5, 5.41) is 9.35. The molecule has 0 saturated carbocycles. The maximum atomic E-state index is 11.4.